The van der Waals surface area contributed by atoms with E-state index in [2.05, 4.69) is 27.3 Å². The van der Waals surface area contributed by atoms with Crippen LogP contribution >= 0.6 is 0 Å². The molecule has 0 saturated carbocycles. The first kappa shape index (κ1) is 17.2. The van der Waals surface area contributed by atoms with Crippen LogP contribution in [-0.2, 0) is 7.05 Å². The summed E-state index contributed by atoms with van der Waals surface area (Å²) in [7, 11) is 2.00. The van der Waals surface area contributed by atoms with Gasteiger partial charge in [-0.1, -0.05) is 36.8 Å². The van der Waals surface area contributed by atoms with Gasteiger partial charge >= 0.3 is 0 Å². The highest BCUT2D eigenvalue weighted by atomic mass is 15.3. The number of nitrogens with zero attached hydrogens (tertiary/aromatic N) is 6. The van der Waals surface area contributed by atoms with Crippen LogP contribution in [-0.4, -0.2) is 55.2 Å². The smallest absolute Gasteiger partial charge is 0.167 e. The lowest BCUT2D eigenvalue weighted by Crippen LogP contribution is -2.33. The summed E-state index contributed by atoms with van der Waals surface area (Å²) >= 11 is 0. The summed E-state index contributed by atoms with van der Waals surface area (Å²) < 4.78 is 3.89. The first-order chi connectivity index (χ1) is 13.8. The lowest BCUT2D eigenvalue weighted by molar-refractivity contribution is 0.237. The maximum Gasteiger partial charge on any atom is 0.167 e. The van der Waals surface area contributed by atoms with E-state index < -0.39 is 0 Å². The molecule has 144 valence electrons. The van der Waals surface area contributed by atoms with E-state index >= 15 is 0 Å². The van der Waals surface area contributed by atoms with Crippen LogP contribution in [0.15, 0.2) is 42.7 Å². The van der Waals surface area contributed by atoms with E-state index in [-0.39, 0.29) is 0 Å². The zero-order valence-corrected chi connectivity index (χ0v) is 16.2. The summed E-state index contributed by atoms with van der Waals surface area (Å²) in [5.41, 5.74) is 4.64. The molecule has 0 atom stereocenters. The minimum absolute atomic E-state index is 0.829. The number of fused-ring (bicyclic) bond motifs is 3. The second-order valence-electron chi connectivity index (χ2n) is 7.48. The molecule has 5 rings (SSSR count). The number of aromatic nitrogens is 5. The Morgan fingerprint density at radius 3 is 2.71 bits per heavy atom. The molecule has 1 fully saturated rings. The largest absolute Gasteiger partial charge is 0.367 e. The number of hydrogen-bond acceptors (Lipinski definition) is 5. The lowest BCUT2D eigenvalue weighted by Gasteiger charge is -2.26. The predicted molar refractivity (Wildman–Crippen MR) is 111 cm³/mol. The average Bonchev–Trinajstić information content (AvgIpc) is 3.33. The summed E-state index contributed by atoms with van der Waals surface area (Å²) in [6.45, 7) is 4.32. The molecule has 3 aromatic heterocycles. The summed E-state index contributed by atoms with van der Waals surface area (Å²) in [6, 6.07) is 12.2. The predicted octanol–water partition coefficient (Wildman–Crippen LogP) is 3.18. The van der Waals surface area contributed by atoms with Gasteiger partial charge in [0.2, 0.25) is 0 Å². The van der Waals surface area contributed by atoms with Crippen molar-refractivity contribution >= 4 is 22.6 Å². The normalized spacial score (nSPS) is 15.5. The van der Waals surface area contributed by atoms with Gasteiger partial charge in [-0.2, -0.15) is 9.61 Å². The molecule has 1 aliphatic heterocycles. The molecule has 0 amide bonds. The zero-order valence-electron chi connectivity index (χ0n) is 16.2. The van der Waals surface area contributed by atoms with Gasteiger partial charge in [0.15, 0.2) is 22.6 Å². The van der Waals surface area contributed by atoms with Crippen LogP contribution in [0.4, 0.5) is 5.82 Å². The van der Waals surface area contributed by atoms with Gasteiger partial charge in [0, 0.05) is 31.8 Å². The molecule has 4 aromatic rings. The van der Waals surface area contributed by atoms with E-state index in [1.165, 1.54) is 32.4 Å². The van der Waals surface area contributed by atoms with Gasteiger partial charge in [-0.25, -0.2) is 9.97 Å². The van der Waals surface area contributed by atoms with E-state index in [1.54, 1.807) is 0 Å². The van der Waals surface area contributed by atoms with Crippen molar-refractivity contribution in [1.82, 2.24) is 29.0 Å². The molecule has 0 unspecified atom stereocenters. The summed E-state index contributed by atoms with van der Waals surface area (Å²) in [4.78, 5) is 11.9. The van der Waals surface area contributed by atoms with Crippen LogP contribution < -0.4 is 5.32 Å². The van der Waals surface area contributed by atoms with E-state index in [0.717, 1.165) is 47.0 Å². The van der Waals surface area contributed by atoms with Gasteiger partial charge in [-0.15, -0.1) is 0 Å². The number of aryl methyl sites for hydroxylation is 1. The Morgan fingerprint density at radius 1 is 1.07 bits per heavy atom. The van der Waals surface area contributed by atoms with E-state index in [0.29, 0.717) is 0 Å². The summed E-state index contributed by atoms with van der Waals surface area (Å²) in [6.07, 6.45) is 5.81. The minimum atomic E-state index is 0.829. The Bertz CT molecular complexity index is 1090. The van der Waals surface area contributed by atoms with Crippen molar-refractivity contribution < 1.29 is 0 Å². The Kier molecular flexibility index (Phi) is 4.44. The van der Waals surface area contributed by atoms with Crippen LogP contribution in [0.25, 0.3) is 28.1 Å². The monoisotopic (exact) mass is 375 g/mol. The van der Waals surface area contributed by atoms with Gasteiger partial charge in [0.05, 0.1) is 12.0 Å². The molecule has 7 heteroatoms. The third kappa shape index (κ3) is 3.11. The third-order valence-corrected chi connectivity index (χ3v) is 5.49. The molecule has 1 N–H and O–H groups in total. The van der Waals surface area contributed by atoms with Crippen molar-refractivity contribution in [2.24, 2.45) is 7.05 Å². The maximum absolute atomic E-state index is 4.84. The highest BCUT2D eigenvalue weighted by molar-refractivity contribution is 5.86. The van der Waals surface area contributed by atoms with Crippen molar-refractivity contribution in [2.45, 2.75) is 19.3 Å². The van der Waals surface area contributed by atoms with Crippen molar-refractivity contribution in [3.63, 3.8) is 0 Å². The van der Waals surface area contributed by atoms with Gasteiger partial charge in [-0.3, -0.25) is 0 Å². The Hall–Kier alpha value is -2.93. The van der Waals surface area contributed by atoms with E-state index in [4.69, 9.17) is 10.1 Å². The van der Waals surface area contributed by atoms with Crippen LogP contribution in [0.5, 0.6) is 0 Å². The van der Waals surface area contributed by atoms with Gasteiger partial charge in [0.1, 0.15) is 0 Å². The van der Waals surface area contributed by atoms with E-state index in [9.17, 15) is 0 Å². The summed E-state index contributed by atoms with van der Waals surface area (Å²) in [5, 5.41) is 8.32. The molecule has 0 spiro atoms. The number of benzene rings is 1. The molecule has 7 nitrogen and oxygen atoms in total. The number of likely N-dealkylation sites (tertiary alicyclic amines) is 1. The first-order valence-electron chi connectivity index (χ1n) is 10.0. The molecule has 0 radical (unpaired) electrons. The van der Waals surface area contributed by atoms with Crippen LogP contribution in [0.2, 0.25) is 0 Å². The van der Waals surface area contributed by atoms with Crippen molar-refractivity contribution in [3.8, 4) is 11.3 Å². The molecule has 1 aromatic carbocycles. The van der Waals surface area contributed by atoms with Crippen LogP contribution in [0.1, 0.15) is 19.3 Å². The number of hydrogen-bond donors (Lipinski definition) is 1. The number of piperidine rings is 1. The quantitative estimate of drug-likeness (QED) is 0.580. The summed E-state index contributed by atoms with van der Waals surface area (Å²) in [5.74, 6) is 0.833. The standard InChI is InChI=1S/C21H25N7/c1-26-15-23-19-20(22-10-13-27-11-6-3-7-12-27)24-18-14-17(25-28(18)21(19)26)16-8-4-2-5-9-16/h2,4-5,8-9,14-15H,3,6-7,10-13H2,1H3,(H,22,24). The van der Waals surface area contributed by atoms with Crippen LogP contribution in [0.3, 0.4) is 0 Å². The topological polar surface area (TPSA) is 63.3 Å². The fraction of sp³-hybridized carbons (Fsp3) is 0.381. The Labute approximate surface area is 164 Å². The van der Waals surface area contributed by atoms with Crippen molar-refractivity contribution in [1.29, 1.82) is 0 Å². The third-order valence-electron chi connectivity index (χ3n) is 5.49. The fourth-order valence-electron chi connectivity index (χ4n) is 4.00. The Morgan fingerprint density at radius 2 is 1.89 bits per heavy atom. The second-order valence-corrected chi connectivity index (χ2v) is 7.48. The number of imidazole rings is 1. The zero-order chi connectivity index (χ0) is 18.9. The van der Waals surface area contributed by atoms with Crippen molar-refractivity contribution in [2.75, 3.05) is 31.5 Å². The second kappa shape index (κ2) is 7.24. The average molecular weight is 375 g/mol. The lowest BCUT2D eigenvalue weighted by atomic mass is 10.1. The highest BCUT2D eigenvalue weighted by Gasteiger charge is 2.16. The van der Waals surface area contributed by atoms with E-state index in [1.807, 2.05) is 46.7 Å². The van der Waals surface area contributed by atoms with Crippen LogP contribution in [0, 0.1) is 0 Å². The van der Waals surface area contributed by atoms with Gasteiger partial charge in [-0.05, 0) is 25.9 Å². The minimum Gasteiger partial charge on any atom is -0.367 e. The number of rotatable bonds is 5. The molecule has 28 heavy (non-hydrogen) atoms. The fourth-order valence-corrected chi connectivity index (χ4v) is 4.00. The number of anilines is 1. The molecule has 1 saturated heterocycles. The van der Waals surface area contributed by atoms with Gasteiger partial charge < -0.3 is 14.8 Å². The maximum atomic E-state index is 4.84. The Balaban J connectivity index is 1.48. The SMILES string of the molecule is Cn1cnc2c(NCCN3CCCCC3)nc3cc(-c4ccccc4)nn3c21. The molecule has 1 aliphatic rings. The van der Waals surface area contributed by atoms with Gasteiger partial charge in [0.25, 0.3) is 0 Å². The molecule has 4 heterocycles. The first-order valence-corrected chi connectivity index (χ1v) is 10.0. The molecule has 0 bridgehead atoms. The molecular formula is C21H25N7. The highest BCUT2D eigenvalue weighted by Crippen LogP contribution is 2.25. The molecular weight excluding hydrogens is 350 g/mol. The van der Waals surface area contributed by atoms with Crippen molar-refractivity contribution in [3.05, 3.63) is 42.7 Å². The number of nitrogens with one attached hydrogen (secondary N) is 1. The molecule has 0 aliphatic carbocycles.